The molecule has 1 aromatic carbocycles. The van der Waals surface area contributed by atoms with E-state index in [4.69, 9.17) is 4.74 Å². The Morgan fingerprint density at radius 2 is 1.71 bits per heavy atom. The summed E-state index contributed by atoms with van der Waals surface area (Å²) in [4.78, 5) is 12.0. The number of aryl methyl sites for hydroxylation is 1. The van der Waals surface area contributed by atoms with Crippen LogP contribution in [0, 0.1) is 6.92 Å². The molecule has 0 fully saturated rings. The third kappa shape index (κ3) is 4.06. The zero-order chi connectivity index (χ0) is 13.1. The number of hydrogen-bond donors (Lipinski definition) is 0. The van der Waals surface area contributed by atoms with Crippen molar-refractivity contribution in [3.8, 4) is 0 Å². The van der Waals surface area contributed by atoms with E-state index in [9.17, 15) is 4.79 Å². The third-order valence-electron chi connectivity index (χ3n) is 2.27. The molecule has 17 heavy (non-hydrogen) atoms. The monoisotopic (exact) mass is 232 g/mol. The second-order valence-corrected chi connectivity index (χ2v) is 5.07. The van der Waals surface area contributed by atoms with Crippen LogP contribution in [-0.4, -0.2) is 11.6 Å². The molecule has 0 radical (unpaired) electrons. The number of rotatable bonds is 2. The summed E-state index contributed by atoms with van der Waals surface area (Å²) in [6.07, 6.45) is 1.79. The topological polar surface area (TPSA) is 26.3 Å². The van der Waals surface area contributed by atoms with Crippen LogP contribution in [0.4, 0.5) is 0 Å². The SMILES string of the molecule is C/C=C(/C(=O)OC(C)(C)C)c1ccc(C)cc1. The van der Waals surface area contributed by atoms with Crippen LogP contribution in [0.3, 0.4) is 0 Å². The van der Waals surface area contributed by atoms with E-state index < -0.39 is 5.60 Å². The Kier molecular flexibility index (Phi) is 4.11. The molecule has 0 aliphatic carbocycles. The summed E-state index contributed by atoms with van der Waals surface area (Å²) in [5, 5.41) is 0. The van der Waals surface area contributed by atoms with Crippen LogP contribution < -0.4 is 0 Å². The lowest BCUT2D eigenvalue weighted by atomic mass is 10.0. The van der Waals surface area contributed by atoms with E-state index in [1.54, 1.807) is 6.08 Å². The van der Waals surface area contributed by atoms with Gasteiger partial charge in [-0.05, 0) is 40.2 Å². The predicted molar refractivity (Wildman–Crippen MR) is 70.7 cm³/mol. The Balaban J connectivity index is 2.94. The Morgan fingerprint density at radius 1 is 1.18 bits per heavy atom. The van der Waals surface area contributed by atoms with Gasteiger partial charge in [-0.1, -0.05) is 35.9 Å². The maximum Gasteiger partial charge on any atom is 0.338 e. The molecule has 0 aromatic heterocycles. The molecule has 0 unspecified atom stereocenters. The molecular formula is C15H20O2. The van der Waals surface area contributed by atoms with Crippen LogP contribution in [0.15, 0.2) is 30.3 Å². The van der Waals surface area contributed by atoms with Gasteiger partial charge in [0.2, 0.25) is 0 Å². The van der Waals surface area contributed by atoms with Gasteiger partial charge in [0.1, 0.15) is 5.60 Å². The molecule has 2 nitrogen and oxygen atoms in total. The van der Waals surface area contributed by atoms with Crippen LogP contribution in [0.2, 0.25) is 0 Å². The Hall–Kier alpha value is -1.57. The molecule has 0 saturated carbocycles. The number of carbonyl (C=O) groups excluding carboxylic acids is 1. The lowest BCUT2D eigenvalue weighted by Crippen LogP contribution is -2.24. The summed E-state index contributed by atoms with van der Waals surface area (Å²) in [6, 6.07) is 7.86. The summed E-state index contributed by atoms with van der Waals surface area (Å²) in [7, 11) is 0. The van der Waals surface area contributed by atoms with Crippen molar-refractivity contribution < 1.29 is 9.53 Å². The van der Waals surface area contributed by atoms with Crippen LogP contribution in [0.25, 0.3) is 5.57 Å². The van der Waals surface area contributed by atoms with Crippen molar-refractivity contribution in [2.24, 2.45) is 0 Å². The van der Waals surface area contributed by atoms with Crippen molar-refractivity contribution in [1.82, 2.24) is 0 Å². The summed E-state index contributed by atoms with van der Waals surface area (Å²) in [5.74, 6) is -0.274. The molecule has 1 aromatic rings. The van der Waals surface area contributed by atoms with Gasteiger partial charge in [-0.25, -0.2) is 4.79 Å². The van der Waals surface area contributed by atoms with Crippen molar-refractivity contribution in [1.29, 1.82) is 0 Å². The highest BCUT2D eigenvalue weighted by Crippen LogP contribution is 2.20. The quantitative estimate of drug-likeness (QED) is 0.573. The molecule has 0 aliphatic heterocycles. The smallest absolute Gasteiger partial charge is 0.338 e. The van der Waals surface area contributed by atoms with Gasteiger partial charge in [-0.15, -0.1) is 0 Å². The lowest BCUT2D eigenvalue weighted by Gasteiger charge is -2.20. The minimum Gasteiger partial charge on any atom is -0.456 e. The molecule has 0 bridgehead atoms. The molecule has 0 aliphatic rings. The number of carbonyl (C=O) groups is 1. The van der Waals surface area contributed by atoms with Gasteiger partial charge in [0.25, 0.3) is 0 Å². The highest BCUT2D eigenvalue weighted by molar-refractivity contribution is 6.16. The summed E-state index contributed by atoms with van der Waals surface area (Å²) >= 11 is 0. The van der Waals surface area contributed by atoms with E-state index in [-0.39, 0.29) is 5.97 Å². The van der Waals surface area contributed by atoms with Crippen molar-refractivity contribution >= 4 is 11.5 Å². The average molecular weight is 232 g/mol. The first-order valence-corrected chi connectivity index (χ1v) is 5.80. The van der Waals surface area contributed by atoms with Crippen molar-refractivity contribution in [2.45, 2.75) is 40.2 Å². The number of ether oxygens (including phenoxy) is 1. The van der Waals surface area contributed by atoms with E-state index in [2.05, 4.69) is 0 Å². The zero-order valence-corrected chi connectivity index (χ0v) is 11.2. The maximum absolute atomic E-state index is 12.0. The fraction of sp³-hybridized carbons (Fsp3) is 0.400. The first kappa shape index (κ1) is 13.5. The normalized spacial score (nSPS) is 12.4. The Bertz CT molecular complexity index is 419. The van der Waals surface area contributed by atoms with Gasteiger partial charge in [0.05, 0.1) is 5.57 Å². The fourth-order valence-corrected chi connectivity index (χ4v) is 1.47. The van der Waals surface area contributed by atoms with E-state index in [0.29, 0.717) is 5.57 Å². The highest BCUT2D eigenvalue weighted by atomic mass is 16.6. The summed E-state index contributed by atoms with van der Waals surface area (Å²) < 4.78 is 5.37. The second-order valence-electron chi connectivity index (χ2n) is 5.07. The van der Waals surface area contributed by atoms with Crippen LogP contribution >= 0.6 is 0 Å². The molecule has 0 N–H and O–H groups in total. The predicted octanol–water partition coefficient (Wildman–Crippen LogP) is 3.74. The van der Waals surface area contributed by atoms with E-state index in [1.807, 2.05) is 58.9 Å². The number of allylic oxidation sites excluding steroid dienone is 1. The molecule has 92 valence electrons. The first-order valence-electron chi connectivity index (χ1n) is 5.80. The van der Waals surface area contributed by atoms with Crippen molar-refractivity contribution in [2.75, 3.05) is 0 Å². The molecule has 1 rings (SSSR count). The van der Waals surface area contributed by atoms with Crippen molar-refractivity contribution in [3.05, 3.63) is 41.5 Å². The van der Waals surface area contributed by atoms with E-state index in [1.165, 1.54) is 5.56 Å². The highest BCUT2D eigenvalue weighted by Gasteiger charge is 2.20. The maximum atomic E-state index is 12.0. The van der Waals surface area contributed by atoms with Crippen molar-refractivity contribution in [3.63, 3.8) is 0 Å². The van der Waals surface area contributed by atoms with E-state index >= 15 is 0 Å². The van der Waals surface area contributed by atoms with Gasteiger partial charge < -0.3 is 4.74 Å². The minimum absolute atomic E-state index is 0.274. The fourth-order valence-electron chi connectivity index (χ4n) is 1.47. The van der Waals surface area contributed by atoms with Crippen LogP contribution in [-0.2, 0) is 9.53 Å². The largest absolute Gasteiger partial charge is 0.456 e. The van der Waals surface area contributed by atoms with Gasteiger partial charge in [0, 0.05) is 0 Å². The molecule has 0 atom stereocenters. The van der Waals surface area contributed by atoms with Gasteiger partial charge in [-0.3, -0.25) is 0 Å². The molecule has 0 amide bonds. The van der Waals surface area contributed by atoms with Gasteiger partial charge in [-0.2, -0.15) is 0 Å². The first-order chi connectivity index (χ1) is 7.83. The zero-order valence-electron chi connectivity index (χ0n) is 11.2. The standard InChI is InChI=1S/C15H20O2/c1-6-13(14(16)17-15(3,4)5)12-9-7-11(2)8-10-12/h6-10H,1-5H3/b13-6+. The Morgan fingerprint density at radius 3 is 2.12 bits per heavy atom. The minimum atomic E-state index is -0.462. The van der Waals surface area contributed by atoms with Gasteiger partial charge >= 0.3 is 5.97 Å². The number of hydrogen-bond acceptors (Lipinski definition) is 2. The second kappa shape index (κ2) is 5.17. The lowest BCUT2D eigenvalue weighted by molar-refractivity contribution is -0.147. The molecule has 0 spiro atoms. The molecule has 0 heterocycles. The summed E-state index contributed by atoms with van der Waals surface area (Å²) in [6.45, 7) is 9.47. The number of benzene rings is 1. The van der Waals surface area contributed by atoms with E-state index in [0.717, 1.165) is 5.56 Å². The summed E-state index contributed by atoms with van der Waals surface area (Å²) in [5.41, 5.74) is 2.22. The Labute approximate surface area is 103 Å². The molecule has 2 heteroatoms. The van der Waals surface area contributed by atoms with Crippen LogP contribution in [0.1, 0.15) is 38.8 Å². The third-order valence-corrected chi connectivity index (χ3v) is 2.27. The molecule has 0 saturated heterocycles. The molecular weight excluding hydrogens is 212 g/mol. The van der Waals surface area contributed by atoms with Crippen LogP contribution in [0.5, 0.6) is 0 Å². The average Bonchev–Trinajstić information content (AvgIpc) is 2.19. The number of esters is 1. The van der Waals surface area contributed by atoms with Gasteiger partial charge in [0.15, 0.2) is 0 Å².